The average molecular weight is 320 g/mol. The predicted octanol–water partition coefficient (Wildman–Crippen LogP) is 2.17. The Labute approximate surface area is 131 Å². The van der Waals surface area contributed by atoms with Crippen molar-refractivity contribution in [3.8, 4) is 0 Å². The van der Waals surface area contributed by atoms with E-state index in [9.17, 15) is 19.2 Å². The van der Waals surface area contributed by atoms with Gasteiger partial charge >= 0.3 is 11.9 Å². The van der Waals surface area contributed by atoms with Gasteiger partial charge in [-0.2, -0.15) is 0 Å². The standard InChI is InChI=1S/C16H16O7/c17-11(3-9-15(19)20)1-5-13-7-8-14(23-13)6-2-12(18)4-10-16(21)22/h1-2,5-8H,3-4,9-10H2,(H,19,20)(H,21,22). The lowest BCUT2D eigenvalue weighted by atomic mass is 10.2. The minimum Gasteiger partial charge on any atom is -0.481 e. The van der Waals surface area contributed by atoms with E-state index in [1.54, 1.807) is 12.1 Å². The van der Waals surface area contributed by atoms with Gasteiger partial charge in [0.15, 0.2) is 11.6 Å². The zero-order valence-electron chi connectivity index (χ0n) is 12.2. The molecule has 0 bridgehead atoms. The first-order valence-corrected chi connectivity index (χ1v) is 6.82. The molecule has 1 aromatic rings. The number of furan rings is 1. The Morgan fingerprint density at radius 3 is 1.52 bits per heavy atom. The lowest BCUT2D eigenvalue weighted by molar-refractivity contribution is -0.138. The fourth-order valence-corrected chi connectivity index (χ4v) is 1.52. The van der Waals surface area contributed by atoms with Gasteiger partial charge in [-0.1, -0.05) is 0 Å². The highest BCUT2D eigenvalue weighted by Gasteiger charge is 2.04. The molecule has 0 amide bonds. The first kappa shape index (κ1) is 18.1. The number of ketones is 2. The number of carbonyl (C=O) groups is 4. The summed E-state index contributed by atoms with van der Waals surface area (Å²) in [4.78, 5) is 43.4. The van der Waals surface area contributed by atoms with Crippen molar-refractivity contribution in [2.24, 2.45) is 0 Å². The van der Waals surface area contributed by atoms with E-state index in [1.807, 2.05) is 0 Å². The Morgan fingerprint density at radius 1 is 0.783 bits per heavy atom. The van der Waals surface area contributed by atoms with Gasteiger partial charge in [0.1, 0.15) is 11.5 Å². The van der Waals surface area contributed by atoms with Crippen molar-refractivity contribution in [3.63, 3.8) is 0 Å². The molecular formula is C16H16O7. The summed E-state index contributed by atoms with van der Waals surface area (Å²) in [6.07, 6.45) is 4.65. The van der Waals surface area contributed by atoms with Crippen molar-refractivity contribution < 1.29 is 33.8 Å². The molecule has 0 saturated carbocycles. The van der Waals surface area contributed by atoms with Crippen LogP contribution in [0.2, 0.25) is 0 Å². The largest absolute Gasteiger partial charge is 0.481 e. The van der Waals surface area contributed by atoms with Gasteiger partial charge in [0.2, 0.25) is 0 Å². The molecule has 0 fully saturated rings. The fourth-order valence-electron chi connectivity index (χ4n) is 1.52. The number of carbonyl (C=O) groups excluding carboxylic acids is 2. The molecule has 23 heavy (non-hydrogen) atoms. The molecule has 0 saturated heterocycles. The third kappa shape index (κ3) is 8.15. The molecule has 0 aliphatic carbocycles. The van der Waals surface area contributed by atoms with Gasteiger partial charge in [-0.3, -0.25) is 19.2 Å². The van der Waals surface area contributed by atoms with Crippen LogP contribution in [-0.2, 0) is 19.2 Å². The summed E-state index contributed by atoms with van der Waals surface area (Å²) in [7, 11) is 0. The van der Waals surface area contributed by atoms with Gasteiger partial charge in [0.25, 0.3) is 0 Å². The lowest BCUT2D eigenvalue weighted by Gasteiger charge is -1.91. The van der Waals surface area contributed by atoms with Crippen molar-refractivity contribution in [2.45, 2.75) is 25.7 Å². The average Bonchev–Trinajstić information content (AvgIpc) is 2.94. The normalized spacial score (nSPS) is 11.1. The molecule has 2 N–H and O–H groups in total. The summed E-state index contributed by atoms with van der Waals surface area (Å²) >= 11 is 0. The number of allylic oxidation sites excluding steroid dienone is 2. The van der Waals surface area contributed by atoms with E-state index < -0.39 is 11.9 Å². The van der Waals surface area contributed by atoms with E-state index >= 15 is 0 Å². The van der Waals surface area contributed by atoms with Gasteiger partial charge in [0, 0.05) is 12.8 Å². The van der Waals surface area contributed by atoms with Crippen LogP contribution in [0.3, 0.4) is 0 Å². The van der Waals surface area contributed by atoms with Gasteiger partial charge in [-0.15, -0.1) is 0 Å². The number of hydrogen-bond acceptors (Lipinski definition) is 5. The predicted molar refractivity (Wildman–Crippen MR) is 80.5 cm³/mol. The lowest BCUT2D eigenvalue weighted by Crippen LogP contribution is -1.99. The molecule has 1 aromatic heterocycles. The monoisotopic (exact) mass is 320 g/mol. The second-order valence-electron chi connectivity index (χ2n) is 4.63. The molecule has 0 aromatic carbocycles. The smallest absolute Gasteiger partial charge is 0.303 e. The minimum absolute atomic E-state index is 0.0859. The Kier molecular flexibility index (Phi) is 7.19. The van der Waals surface area contributed by atoms with Gasteiger partial charge in [-0.25, -0.2) is 0 Å². The Bertz CT molecular complexity index is 595. The summed E-state index contributed by atoms with van der Waals surface area (Å²) < 4.78 is 5.32. The molecule has 0 aliphatic rings. The van der Waals surface area contributed by atoms with Crippen molar-refractivity contribution in [2.75, 3.05) is 0 Å². The molecule has 122 valence electrons. The zero-order chi connectivity index (χ0) is 17.2. The summed E-state index contributed by atoms with van der Waals surface area (Å²) in [5, 5.41) is 16.9. The van der Waals surface area contributed by atoms with Crippen molar-refractivity contribution >= 4 is 35.7 Å². The number of carboxylic acids is 2. The highest BCUT2D eigenvalue weighted by Crippen LogP contribution is 2.12. The molecule has 7 nitrogen and oxygen atoms in total. The topological polar surface area (TPSA) is 122 Å². The quantitative estimate of drug-likeness (QED) is 0.633. The van der Waals surface area contributed by atoms with E-state index in [-0.39, 0.29) is 37.2 Å². The fraction of sp³-hybridized carbons (Fsp3) is 0.250. The summed E-state index contributed by atoms with van der Waals surface area (Å²) in [5.41, 5.74) is 0. The maximum absolute atomic E-state index is 11.4. The van der Waals surface area contributed by atoms with Crippen LogP contribution < -0.4 is 0 Å². The molecule has 0 aliphatic heterocycles. The molecule has 0 spiro atoms. The summed E-state index contributed by atoms with van der Waals surface area (Å²) in [5.74, 6) is -1.97. The Hall–Kier alpha value is -2.96. The molecule has 1 rings (SSSR count). The maximum atomic E-state index is 11.4. The molecule has 0 radical (unpaired) electrons. The SMILES string of the molecule is O=C(O)CCC(=O)C=Cc1ccc(C=CC(=O)CCC(=O)O)o1. The molecular weight excluding hydrogens is 304 g/mol. The van der Waals surface area contributed by atoms with Gasteiger partial charge < -0.3 is 14.6 Å². The number of hydrogen-bond donors (Lipinski definition) is 2. The van der Waals surface area contributed by atoms with Crippen molar-refractivity contribution in [1.29, 1.82) is 0 Å². The Balaban J connectivity index is 2.51. The minimum atomic E-state index is -1.04. The van der Waals surface area contributed by atoms with Gasteiger partial charge in [0.05, 0.1) is 12.8 Å². The highest BCUT2D eigenvalue weighted by atomic mass is 16.4. The number of rotatable bonds is 10. The second-order valence-corrected chi connectivity index (χ2v) is 4.63. The zero-order valence-corrected chi connectivity index (χ0v) is 12.2. The van der Waals surface area contributed by atoms with Crippen LogP contribution in [0, 0.1) is 0 Å². The number of carboxylic acid groups (broad SMARTS) is 2. The second kappa shape index (κ2) is 9.14. The Morgan fingerprint density at radius 2 is 1.17 bits per heavy atom. The van der Waals surface area contributed by atoms with Crippen LogP contribution >= 0.6 is 0 Å². The van der Waals surface area contributed by atoms with Crippen LogP contribution in [0.4, 0.5) is 0 Å². The summed E-state index contributed by atoms with van der Waals surface area (Å²) in [6, 6.07) is 3.17. The van der Waals surface area contributed by atoms with Crippen LogP contribution in [0.25, 0.3) is 12.2 Å². The highest BCUT2D eigenvalue weighted by molar-refractivity contribution is 5.95. The third-order valence-electron chi connectivity index (χ3n) is 2.69. The molecule has 0 atom stereocenters. The van der Waals surface area contributed by atoms with E-state index in [1.165, 1.54) is 24.3 Å². The van der Waals surface area contributed by atoms with E-state index in [0.717, 1.165) is 0 Å². The van der Waals surface area contributed by atoms with Crippen LogP contribution in [0.1, 0.15) is 37.2 Å². The summed E-state index contributed by atoms with van der Waals surface area (Å²) in [6.45, 7) is 0. The van der Waals surface area contributed by atoms with Gasteiger partial charge in [-0.05, 0) is 36.4 Å². The number of aliphatic carboxylic acids is 2. The van der Waals surface area contributed by atoms with Crippen LogP contribution in [0.15, 0.2) is 28.7 Å². The third-order valence-corrected chi connectivity index (χ3v) is 2.69. The first-order chi connectivity index (χ1) is 10.9. The molecule has 7 heteroatoms. The van der Waals surface area contributed by atoms with Crippen molar-refractivity contribution in [1.82, 2.24) is 0 Å². The maximum Gasteiger partial charge on any atom is 0.303 e. The van der Waals surface area contributed by atoms with Crippen LogP contribution in [-0.4, -0.2) is 33.7 Å². The van der Waals surface area contributed by atoms with E-state index in [0.29, 0.717) is 11.5 Å². The molecule has 1 heterocycles. The molecule has 0 unspecified atom stereocenters. The van der Waals surface area contributed by atoms with Crippen molar-refractivity contribution in [3.05, 3.63) is 35.8 Å². The van der Waals surface area contributed by atoms with E-state index in [2.05, 4.69) is 0 Å². The van der Waals surface area contributed by atoms with E-state index in [4.69, 9.17) is 14.6 Å². The van der Waals surface area contributed by atoms with Crippen LogP contribution in [0.5, 0.6) is 0 Å². The first-order valence-electron chi connectivity index (χ1n) is 6.82.